The summed E-state index contributed by atoms with van der Waals surface area (Å²) in [7, 11) is 0. The molecule has 0 aromatic carbocycles. The number of hydrogen-bond donors (Lipinski definition) is 2. The summed E-state index contributed by atoms with van der Waals surface area (Å²) in [5.74, 6) is 3.31. The monoisotopic (exact) mass is 353 g/mol. The fraction of sp³-hybridized carbons (Fsp3) is 0.905. The number of rotatable bonds is 1. The van der Waals surface area contributed by atoms with Crippen LogP contribution in [0.3, 0.4) is 0 Å². The van der Waals surface area contributed by atoms with E-state index >= 15 is 0 Å². The van der Waals surface area contributed by atoms with Gasteiger partial charge >= 0.3 is 0 Å². The predicted octanol–water partition coefficient (Wildman–Crippen LogP) is 4.70. The zero-order chi connectivity index (χ0) is 16.4. The van der Waals surface area contributed by atoms with E-state index in [0.29, 0.717) is 16.9 Å². The van der Waals surface area contributed by atoms with Crippen LogP contribution in [-0.2, 0) is 0 Å². The Bertz CT molecular complexity index is 518. The Morgan fingerprint density at radius 1 is 1.12 bits per heavy atom. The first-order chi connectivity index (χ1) is 10.9. The maximum Gasteiger partial charge on any atom is 0.0577 e. The van der Waals surface area contributed by atoms with Crippen molar-refractivity contribution < 1.29 is 5.11 Å². The van der Waals surface area contributed by atoms with E-state index in [0.717, 1.165) is 36.5 Å². The van der Waals surface area contributed by atoms with Gasteiger partial charge in [-0.3, -0.25) is 0 Å². The summed E-state index contributed by atoms with van der Waals surface area (Å²) < 4.78 is 0. The van der Waals surface area contributed by atoms with E-state index in [9.17, 15) is 5.11 Å². The number of nitrogens with two attached hydrogens (primary N) is 1. The highest BCUT2D eigenvalue weighted by atomic mass is 35.5. The molecule has 138 valence electrons. The van der Waals surface area contributed by atoms with Crippen LogP contribution < -0.4 is 5.73 Å². The molecule has 0 heterocycles. The molecule has 0 aromatic heterocycles. The Labute approximate surface area is 154 Å². The lowest BCUT2D eigenvalue weighted by atomic mass is 9.47. The molecule has 0 unspecified atom stereocenters. The summed E-state index contributed by atoms with van der Waals surface area (Å²) in [6.45, 7) is 7.30. The van der Waals surface area contributed by atoms with Gasteiger partial charge < -0.3 is 10.8 Å². The van der Waals surface area contributed by atoms with Crippen molar-refractivity contribution in [1.29, 1.82) is 0 Å². The van der Waals surface area contributed by atoms with Crippen LogP contribution in [0.25, 0.3) is 0 Å². The fourth-order valence-corrected chi connectivity index (χ4v) is 7.55. The highest BCUT2D eigenvalue weighted by Gasteiger charge is 2.58. The van der Waals surface area contributed by atoms with Gasteiger partial charge in [0.15, 0.2) is 0 Å². The molecule has 0 aliphatic heterocycles. The largest absolute Gasteiger partial charge is 0.393 e. The van der Waals surface area contributed by atoms with Gasteiger partial charge in [0.25, 0.3) is 0 Å². The second kappa shape index (κ2) is 6.28. The van der Waals surface area contributed by atoms with Crippen molar-refractivity contribution in [1.82, 2.24) is 0 Å². The van der Waals surface area contributed by atoms with Crippen LogP contribution in [-0.4, -0.2) is 17.3 Å². The molecule has 0 radical (unpaired) electrons. The smallest absolute Gasteiger partial charge is 0.0577 e. The van der Waals surface area contributed by atoms with Crippen molar-refractivity contribution in [3.8, 4) is 0 Å². The summed E-state index contributed by atoms with van der Waals surface area (Å²) >= 11 is 0. The highest BCUT2D eigenvalue weighted by Crippen LogP contribution is 2.66. The molecular formula is C21H36ClNO. The second-order valence-corrected chi connectivity index (χ2v) is 9.74. The third kappa shape index (κ3) is 2.51. The fourth-order valence-electron chi connectivity index (χ4n) is 7.55. The topological polar surface area (TPSA) is 46.2 Å². The molecule has 3 heteroatoms. The summed E-state index contributed by atoms with van der Waals surface area (Å²) in [5.41, 5.74) is 8.80. The zero-order valence-corrected chi connectivity index (χ0v) is 16.4. The van der Waals surface area contributed by atoms with Crippen molar-refractivity contribution in [2.45, 2.75) is 84.3 Å². The van der Waals surface area contributed by atoms with E-state index in [4.69, 9.17) is 5.73 Å². The number of fused-ring (bicyclic) bond motifs is 5. The molecule has 0 saturated heterocycles. The molecular weight excluding hydrogens is 318 g/mol. The quantitative estimate of drug-likeness (QED) is 0.671. The average molecular weight is 354 g/mol. The standard InChI is InChI=1S/C21H35NO.ClH/c1-13(22)17-6-7-18-16-5-4-14-12-15(23)8-10-20(14,2)19(16)9-11-21(17,18)3;/h4,13,15-19,23H,5-12,22H2,1-3H3;1H/t13-,15-,16-,17+,18-,19-,20-,21+;/m0./s1. The minimum atomic E-state index is -0.0892. The second-order valence-electron chi connectivity index (χ2n) is 9.74. The molecule has 4 aliphatic carbocycles. The lowest BCUT2D eigenvalue weighted by Gasteiger charge is -2.58. The number of hydrogen-bond acceptors (Lipinski definition) is 2. The Hall–Kier alpha value is -0.0500. The number of aliphatic hydroxyl groups excluding tert-OH is 1. The van der Waals surface area contributed by atoms with Gasteiger partial charge in [-0.25, -0.2) is 0 Å². The van der Waals surface area contributed by atoms with Crippen molar-refractivity contribution in [2.24, 2.45) is 40.2 Å². The molecule has 0 bridgehead atoms. The first-order valence-corrected chi connectivity index (χ1v) is 9.99. The summed E-state index contributed by atoms with van der Waals surface area (Å²) in [6, 6.07) is 0.344. The van der Waals surface area contributed by atoms with Gasteiger partial charge in [0, 0.05) is 6.04 Å². The summed E-state index contributed by atoms with van der Waals surface area (Å²) in [6.07, 6.45) is 12.3. The molecule has 0 spiro atoms. The predicted molar refractivity (Wildman–Crippen MR) is 102 cm³/mol. The van der Waals surface area contributed by atoms with Gasteiger partial charge in [0.2, 0.25) is 0 Å². The lowest BCUT2D eigenvalue weighted by Crippen LogP contribution is -2.51. The van der Waals surface area contributed by atoms with Crippen molar-refractivity contribution in [3.05, 3.63) is 11.6 Å². The van der Waals surface area contributed by atoms with E-state index in [2.05, 4.69) is 26.8 Å². The Morgan fingerprint density at radius 2 is 1.88 bits per heavy atom. The highest BCUT2D eigenvalue weighted by molar-refractivity contribution is 5.85. The average Bonchev–Trinajstić information content (AvgIpc) is 2.85. The van der Waals surface area contributed by atoms with Gasteiger partial charge in [-0.15, -0.1) is 12.4 Å². The molecule has 0 aromatic rings. The van der Waals surface area contributed by atoms with E-state index in [-0.39, 0.29) is 18.5 Å². The Kier molecular flexibility index (Phi) is 4.90. The van der Waals surface area contributed by atoms with E-state index in [1.54, 1.807) is 5.57 Å². The number of aliphatic hydroxyl groups is 1. The summed E-state index contributed by atoms with van der Waals surface area (Å²) in [4.78, 5) is 0. The van der Waals surface area contributed by atoms with Crippen molar-refractivity contribution >= 4 is 12.4 Å². The third-order valence-electron chi connectivity index (χ3n) is 8.79. The van der Waals surface area contributed by atoms with Gasteiger partial charge in [-0.05, 0) is 92.8 Å². The minimum absolute atomic E-state index is 0. The zero-order valence-electron chi connectivity index (χ0n) is 15.6. The van der Waals surface area contributed by atoms with Gasteiger partial charge in [0.1, 0.15) is 0 Å². The Morgan fingerprint density at radius 3 is 2.58 bits per heavy atom. The van der Waals surface area contributed by atoms with Gasteiger partial charge in [0.05, 0.1) is 6.10 Å². The first-order valence-electron chi connectivity index (χ1n) is 9.99. The summed E-state index contributed by atoms with van der Waals surface area (Å²) in [5, 5.41) is 10.1. The van der Waals surface area contributed by atoms with E-state index in [1.165, 1.54) is 38.5 Å². The van der Waals surface area contributed by atoms with E-state index in [1.807, 2.05) is 0 Å². The normalized spacial score (nSPS) is 51.5. The van der Waals surface area contributed by atoms with Gasteiger partial charge in [-0.2, -0.15) is 0 Å². The molecule has 8 atom stereocenters. The molecule has 4 rings (SSSR count). The number of halogens is 1. The van der Waals surface area contributed by atoms with Crippen LogP contribution >= 0.6 is 12.4 Å². The minimum Gasteiger partial charge on any atom is -0.393 e. The van der Waals surface area contributed by atoms with Crippen LogP contribution in [0.2, 0.25) is 0 Å². The maximum absolute atomic E-state index is 10.1. The van der Waals surface area contributed by atoms with Crippen molar-refractivity contribution in [3.63, 3.8) is 0 Å². The van der Waals surface area contributed by atoms with Crippen LogP contribution in [0.4, 0.5) is 0 Å². The lowest BCUT2D eigenvalue weighted by molar-refractivity contribution is -0.0520. The molecule has 3 saturated carbocycles. The first kappa shape index (κ1) is 18.7. The third-order valence-corrected chi connectivity index (χ3v) is 8.79. The van der Waals surface area contributed by atoms with Crippen LogP contribution in [0.1, 0.15) is 72.1 Å². The molecule has 2 nitrogen and oxygen atoms in total. The van der Waals surface area contributed by atoms with Gasteiger partial charge in [-0.1, -0.05) is 25.5 Å². The molecule has 3 N–H and O–H groups in total. The van der Waals surface area contributed by atoms with E-state index < -0.39 is 0 Å². The van der Waals surface area contributed by atoms with Crippen molar-refractivity contribution in [2.75, 3.05) is 0 Å². The van der Waals surface area contributed by atoms with Crippen LogP contribution in [0.15, 0.2) is 11.6 Å². The maximum atomic E-state index is 10.1. The van der Waals surface area contributed by atoms with Crippen LogP contribution in [0.5, 0.6) is 0 Å². The molecule has 24 heavy (non-hydrogen) atoms. The SMILES string of the molecule is C[C@H](N)[C@H]1CC[C@H]2[C@@H]3CC=C4C[C@@H](O)CC[C@]4(C)[C@H]3CC[C@]12C.Cl. The molecule has 0 amide bonds. The molecule has 4 aliphatic rings. The molecule has 3 fully saturated rings. The van der Waals surface area contributed by atoms with Crippen LogP contribution in [0, 0.1) is 34.5 Å². The number of allylic oxidation sites excluding steroid dienone is 1. The Balaban J connectivity index is 0.00000169.